The number of halogens is 1. The SMILES string of the molecule is CCc1nn(C)cc1-c1ccc(CNC)cc1Cl. The summed E-state index contributed by atoms with van der Waals surface area (Å²) in [5, 5.41) is 8.36. The van der Waals surface area contributed by atoms with Gasteiger partial charge in [0.25, 0.3) is 0 Å². The maximum Gasteiger partial charge on any atom is 0.0700 e. The second-order valence-corrected chi connectivity index (χ2v) is 4.77. The smallest absolute Gasteiger partial charge is 0.0700 e. The van der Waals surface area contributed by atoms with Crippen molar-refractivity contribution in [2.24, 2.45) is 7.05 Å². The van der Waals surface area contributed by atoms with Gasteiger partial charge in [-0.05, 0) is 25.1 Å². The molecule has 0 bridgehead atoms. The van der Waals surface area contributed by atoms with E-state index in [4.69, 9.17) is 11.6 Å². The fraction of sp³-hybridized carbons (Fsp3) is 0.357. The van der Waals surface area contributed by atoms with Crippen LogP contribution >= 0.6 is 11.6 Å². The highest BCUT2D eigenvalue weighted by Gasteiger charge is 2.11. The molecule has 1 aromatic heterocycles. The second kappa shape index (κ2) is 5.55. The lowest BCUT2D eigenvalue weighted by molar-refractivity contribution is 0.746. The highest BCUT2D eigenvalue weighted by molar-refractivity contribution is 6.33. The molecule has 0 aliphatic carbocycles. The Hall–Kier alpha value is -1.32. The van der Waals surface area contributed by atoms with Crippen molar-refractivity contribution in [3.63, 3.8) is 0 Å². The summed E-state index contributed by atoms with van der Waals surface area (Å²) in [6.07, 6.45) is 2.93. The van der Waals surface area contributed by atoms with Crippen LogP contribution in [-0.2, 0) is 20.0 Å². The molecule has 0 aliphatic heterocycles. The number of rotatable bonds is 4. The lowest BCUT2D eigenvalue weighted by Gasteiger charge is -2.06. The summed E-state index contributed by atoms with van der Waals surface area (Å²) in [5.74, 6) is 0. The van der Waals surface area contributed by atoms with Gasteiger partial charge in [0, 0.05) is 35.9 Å². The van der Waals surface area contributed by atoms with Crippen LogP contribution in [0.4, 0.5) is 0 Å². The Morgan fingerprint density at radius 1 is 1.33 bits per heavy atom. The predicted molar refractivity (Wildman–Crippen MR) is 75.8 cm³/mol. The predicted octanol–water partition coefficient (Wildman–Crippen LogP) is 3.02. The number of hydrogen-bond donors (Lipinski definition) is 1. The van der Waals surface area contributed by atoms with E-state index in [0.717, 1.165) is 34.8 Å². The minimum absolute atomic E-state index is 0.783. The molecule has 0 aliphatic rings. The molecule has 3 nitrogen and oxygen atoms in total. The first kappa shape index (κ1) is 13.1. The van der Waals surface area contributed by atoms with Gasteiger partial charge in [0.2, 0.25) is 0 Å². The molecule has 0 saturated heterocycles. The van der Waals surface area contributed by atoms with E-state index >= 15 is 0 Å². The molecule has 18 heavy (non-hydrogen) atoms. The quantitative estimate of drug-likeness (QED) is 0.919. The Morgan fingerprint density at radius 2 is 2.11 bits per heavy atom. The van der Waals surface area contributed by atoms with Gasteiger partial charge in [-0.2, -0.15) is 5.10 Å². The summed E-state index contributed by atoms with van der Waals surface area (Å²) in [4.78, 5) is 0. The Morgan fingerprint density at radius 3 is 2.72 bits per heavy atom. The molecule has 1 N–H and O–H groups in total. The van der Waals surface area contributed by atoms with Crippen molar-refractivity contribution in [1.82, 2.24) is 15.1 Å². The zero-order valence-corrected chi connectivity index (χ0v) is 11.8. The number of benzene rings is 1. The number of nitrogens with zero attached hydrogens (tertiary/aromatic N) is 2. The summed E-state index contributed by atoms with van der Waals surface area (Å²) in [6.45, 7) is 2.93. The van der Waals surface area contributed by atoms with Crippen molar-refractivity contribution in [2.75, 3.05) is 7.05 Å². The number of aromatic nitrogens is 2. The van der Waals surface area contributed by atoms with E-state index < -0.39 is 0 Å². The molecule has 2 rings (SSSR count). The molecule has 4 heteroatoms. The van der Waals surface area contributed by atoms with Crippen molar-refractivity contribution in [1.29, 1.82) is 0 Å². The fourth-order valence-corrected chi connectivity index (χ4v) is 2.42. The van der Waals surface area contributed by atoms with Gasteiger partial charge < -0.3 is 5.32 Å². The van der Waals surface area contributed by atoms with Crippen molar-refractivity contribution < 1.29 is 0 Å². The van der Waals surface area contributed by atoms with Crippen molar-refractivity contribution in [2.45, 2.75) is 19.9 Å². The molecule has 0 spiro atoms. The third kappa shape index (κ3) is 2.57. The van der Waals surface area contributed by atoms with E-state index in [1.54, 1.807) is 0 Å². The normalized spacial score (nSPS) is 10.9. The third-order valence-electron chi connectivity index (χ3n) is 2.94. The van der Waals surface area contributed by atoms with Crippen molar-refractivity contribution in [3.05, 3.63) is 40.7 Å². The first-order valence-electron chi connectivity index (χ1n) is 6.11. The van der Waals surface area contributed by atoms with Gasteiger partial charge in [0.1, 0.15) is 0 Å². The van der Waals surface area contributed by atoms with Crippen LogP contribution in [0.5, 0.6) is 0 Å². The van der Waals surface area contributed by atoms with Crippen LogP contribution in [0, 0.1) is 0 Å². The van der Waals surface area contributed by atoms with E-state index in [1.807, 2.05) is 31.0 Å². The van der Waals surface area contributed by atoms with Crippen LogP contribution in [-0.4, -0.2) is 16.8 Å². The third-order valence-corrected chi connectivity index (χ3v) is 3.26. The number of aryl methyl sites for hydroxylation is 2. The molecule has 0 amide bonds. The Balaban J connectivity index is 2.44. The second-order valence-electron chi connectivity index (χ2n) is 4.36. The molecule has 0 unspecified atom stereocenters. The van der Waals surface area contributed by atoms with Crippen LogP contribution in [0.3, 0.4) is 0 Å². The van der Waals surface area contributed by atoms with E-state index in [0.29, 0.717) is 0 Å². The van der Waals surface area contributed by atoms with Gasteiger partial charge in [-0.15, -0.1) is 0 Å². The first-order valence-corrected chi connectivity index (χ1v) is 6.49. The molecule has 96 valence electrons. The molecule has 0 fully saturated rings. The summed E-state index contributed by atoms with van der Waals surface area (Å²) in [6, 6.07) is 6.19. The number of hydrogen-bond acceptors (Lipinski definition) is 2. The molecule has 0 radical (unpaired) electrons. The van der Waals surface area contributed by atoms with Crippen LogP contribution in [0.1, 0.15) is 18.2 Å². The minimum Gasteiger partial charge on any atom is -0.316 e. The summed E-state index contributed by atoms with van der Waals surface area (Å²) >= 11 is 6.37. The van der Waals surface area contributed by atoms with E-state index in [1.165, 1.54) is 5.56 Å². The van der Waals surface area contributed by atoms with Crippen LogP contribution in [0.15, 0.2) is 24.4 Å². The number of nitrogens with one attached hydrogen (secondary N) is 1. The van der Waals surface area contributed by atoms with Crippen molar-refractivity contribution >= 4 is 11.6 Å². The zero-order valence-electron chi connectivity index (χ0n) is 11.0. The maximum absolute atomic E-state index is 6.37. The lowest BCUT2D eigenvalue weighted by atomic mass is 10.0. The van der Waals surface area contributed by atoms with Crippen molar-refractivity contribution in [3.8, 4) is 11.1 Å². The van der Waals surface area contributed by atoms with Gasteiger partial charge in [-0.1, -0.05) is 30.7 Å². The van der Waals surface area contributed by atoms with Crippen LogP contribution in [0.2, 0.25) is 5.02 Å². The van der Waals surface area contributed by atoms with Gasteiger partial charge in [0.05, 0.1) is 5.69 Å². The fourth-order valence-electron chi connectivity index (χ4n) is 2.11. The van der Waals surface area contributed by atoms with Gasteiger partial charge in [-0.3, -0.25) is 4.68 Å². The molecular weight excluding hydrogens is 246 g/mol. The lowest BCUT2D eigenvalue weighted by Crippen LogP contribution is -2.04. The first-order chi connectivity index (χ1) is 8.65. The monoisotopic (exact) mass is 263 g/mol. The molecule has 1 aromatic carbocycles. The van der Waals surface area contributed by atoms with Crippen LogP contribution in [0.25, 0.3) is 11.1 Å². The molecule has 0 saturated carbocycles. The summed E-state index contributed by atoms with van der Waals surface area (Å²) in [7, 11) is 3.87. The summed E-state index contributed by atoms with van der Waals surface area (Å²) in [5.41, 5.74) is 4.46. The minimum atomic E-state index is 0.783. The average molecular weight is 264 g/mol. The van der Waals surface area contributed by atoms with E-state index in [-0.39, 0.29) is 0 Å². The molecular formula is C14H18ClN3. The largest absolute Gasteiger partial charge is 0.316 e. The Labute approximate surface area is 113 Å². The highest BCUT2D eigenvalue weighted by Crippen LogP contribution is 2.31. The average Bonchev–Trinajstić information content (AvgIpc) is 2.71. The molecule has 0 atom stereocenters. The molecule has 2 aromatic rings. The van der Waals surface area contributed by atoms with Gasteiger partial charge >= 0.3 is 0 Å². The van der Waals surface area contributed by atoms with Gasteiger partial charge in [-0.25, -0.2) is 0 Å². The highest BCUT2D eigenvalue weighted by atomic mass is 35.5. The van der Waals surface area contributed by atoms with Crippen LogP contribution < -0.4 is 5.32 Å². The molecule has 1 heterocycles. The standard InChI is InChI=1S/C14H18ClN3/c1-4-14-12(9-18(3)17-14)11-6-5-10(8-16-2)7-13(11)15/h5-7,9,16H,4,8H2,1-3H3. The van der Waals surface area contributed by atoms with E-state index in [9.17, 15) is 0 Å². The summed E-state index contributed by atoms with van der Waals surface area (Å²) < 4.78 is 1.84. The Bertz CT molecular complexity index is 546. The zero-order chi connectivity index (χ0) is 13.1. The van der Waals surface area contributed by atoms with Gasteiger partial charge in [0.15, 0.2) is 0 Å². The maximum atomic E-state index is 6.37. The Kier molecular flexibility index (Phi) is 4.04. The topological polar surface area (TPSA) is 29.9 Å². The van der Waals surface area contributed by atoms with E-state index in [2.05, 4.69) is 29.5 Å².